The van der Waals surface area contributed by atoms with Crippen LogP contribution in [0.1, 0.15) is 91.4 Å². The van der Waals surface area contributed by atoms with Gasteiger partial charge in [0.15, 0.2) is 0 Å². The minimum atomic E-state index is 0. The normalized spacial score (nSPS) is 13.9. The first-order valence-electron chi connectivity index (χ1n) is 10.0. The first-order chi connectivity index (χ1) is 12.1. The third kappa shape index (κ3) is 10.3. The quantitative estimate of drug-likeness (QED) is 0.419. The maximum Gasteiger partial charge on any atom is 0.0101 e. The van der Waals surface area contributed by atoms with Gasteiger partial charge < -0.3 is 41.0 Å². The predicted molar refractivity (Wildman–Crippen MR) is 116 cm³/mol. The van der Waals surface area contributed by atoms with Crippen molar-refractivity contribution in [1.82, 2.24) is 10.6 Å². The molecule has 160 valence electrons. The molecule has 2 rings (SSSR count). The van der Waals surface area contributed by atoms with Gasteiger partial charge >= 0.3 is 0 Å². The summed E-state index contributed by atoms with van der Waals surface area (Å²) >= 11 is 0. The van der Waals surface area contributed by atoms with Crippen molar-refractivity contribution in [1.29, 1.82) is 0 Å². The summed E-state index contributed by atoms with van der Waals surface area (Å²) in [5.74, 6) is 0. The Bertz CT molecular complexity index is 529. The molecule has 2 aromatic rings. The molecule has 0 aliphatic heterocycles. The number of hydrogen-bond acceptors (Lipinski definition) is 2. The van der Waals surface area contributed by atoms with Crippen LogP contribution in [-0.2, 0) is 17.1 Å². The van der Waals surface area contributed by atoms with E-state index in [1.807, 2.05) is 30.3 Å². The van der Waals surface area contributed by atoms with Crippen molar-refractivity contribution in [3.63, 3.8) is 0 Å². The van der Waals surface area contributed by atoms with Gasteiger partial charge in [0, 0.05) is 34.2 Å². The minimum Gasteiger partial charge on any atom is -0.748 e. The zero-order valence-electron chi connectivity index (χ0n) is 18.5. The predicted octanol–water partition coefficient (Wildman–Crippen LogP) is 6.49. The van der Waals surface area contributed by atoms with E-state index < -0.39 is 0 Å². The van der Waals surface area contributed by atoms with Crippen molar-refractivity contribution < 1.29 is 17.1 Å². The molecule has 2 nitrogen and oxygen atoms in total. The van der Waals surface area contributed by atoms with Gasteiger partial charge in [-0.3, -0.25) is 0 Å². The van der Waals surface area contributed by atoms with Crippen LogP contribution in [0.5, 0.6) is 0 Å². The number of rotatable bonds is 6. The Balaban J connectivity index is 0.000000969. The van der Waals surface area contributed by atoms with Gasteiger partial charge in [0.05, 0.1) is 0 Å². The molecule has 3 heteroatoms. The number of nitrogens with one attached hydrogen (secondary N) is 2. The van der Waals surface area contributed by atoms with Crippen LogP contribution in [0.15, 0.2) is 48.5 Å². The Morgan fingerprint density at radius 2 is 1.33 bits per heavy atom. The van der Waals surface area contributed by atoms with Gasteiger partial charge in [0.2, 0.25) is 0 Å². The van der Waals surface area contributed by atoms with Crippen LogP contribution in [0, 0.1) is 0 Å². The van der Waals surface area contributed by atoms with Crippen LogP contribution in [-0.4, -0.2) is 11.1 Å². The van der Waals surface area contributed by atoms with E-state index in [0.29, 0.717) is 12.1 Å². The largest absolute Gasteiger partial charge is 0.748 e. The molecule has 2 atom stereocenters. The van der Waals surface area contributed by atoms with Gasteiger partial charge in [-0.2, -0.15) is 6.07 Å². The van der Waals surface area contributed by atoms with Crippen molar-refractivity contribution in [2.45, 2.75) is 91.4 Å². The Labute approximate surface area is 178 Å². The second kappa shape index (κ2) is 11.9. The van der Waals surface area contributed by atoms with E-state index in [0.717, 1.165) is 12.8 Å². The third-order valence-corrected chi connectivity index (χ3v) is 4.22. The van der Waals surface area contributed by atoms with Crippen LogP contribution < -0.4 is 10.6 Å². The minimum absolute atomic E-state index is 0. The smallest absolute Gasteiger partial charge is 0.0101 e. The fraction of sp³-hybridized carbons (Fsp3) is 0.583. The average Bonchev–Trinajstić information content (AvgIpc) is 3.22. The summed E-state index contributed by atoms with van der Waals surface area (Å²) in [6, 6.07) is 17.6. The Morgan fingerprint density at radius 1 is 0.852 bits per heavy atom. The fourth-order valence-corrected chi connectivity index (χ4v) is 3.25. The summed E-state index contributed by atoms with van der Waals surface area (Å²) in [4.78, 5) is 0. The zero-order chi connectivity index (χ0) is 19.8. The van der Waals surface area contributed by atoms with Crippen LogP contribution in [0.3, 0.4) is 0 Å². The topological polar surface area (TPSA) is 24.1 Å². The van der Waals surface area contributed by atoms with Gasteiger partial charge in [-0.05, 0) is 60.4 Å². The first kappa shape index (κ1) is 26.1. The molecule has 0 aliphatic carbocycles. The Morgan fingerprint density at radius 3 is 1.70 bits per heavy atom. The zero-order valence-corrected chi connectivity index (χ0v) is 19.6. The molecule has 0 aliphatic rings. The van der Waals surface area contributed by atoms with E-state index in [1.54, 1.807) is 0 Å². The van der Waals surface area contributed by atoms with E-state index in [9.17, 15) is 0 Å². The molecular formula is C24H40FeN2-6. The summed E-state index contributed by atoms with van der Waals surface area (Å²) in [6.07, 6.45) is 2.22. The van der Waals surface area contributed by atoms with Gasteiger partial charge in [0.25, 0.3) is 0 Å². The van der Waals surface area contributed by atoms with Gasteiger partial charge in [-0.1, -0.05) is 13.8 Å². The Hall–Kier alpha value is -0.861. The molecule has 0 saturated heterocycles. The molecule has 0 amide bonds. The van der Waals surface area contributed by atoms with E-state index in [-0.39, 0.29) is 28.1 Å². The monoisotopic (exact) mass is 412 g/mol. The summed E-state index contributed by atoms with van der Waals surface area (Å²) in [6.45, 7) is 18.0. The Kier molecular flexibility index (Phi) is 11.5. The van der Waals surface area contributed by atoms with Crippen molar-refractivity contribution in [3.05, 3.63) is 59.7 Å². The first-order valence-corrected chi connectivity index (χ1v) is 10.0. The molecule has 0 fully saturated rings. The summed E-state index contributed by atoms with van der Waals surface area (Å²) in [7, 11) is 0. The fourth-order valence-electron chi connectivity index (χ4n) is 3.25. The van der Waals surface area contributed by atoms with Crippen LogP contribution in [0.4, 0.5) is 0 Å². The molecular weight excluding hydrogens is 372 g/mol. The van der Waals surface area contributed by atoms with Crippen molar-refractivity contribution in [3.8, 4) is 0 Å². The summed E-state index contributed by atoms with van der Waals surface area (Å²) in [5.41, 5.74) is 3.18. The number of hydrogen-bond donors (Lipinski definition) is 2. The van der Waals surface area contributed by atoms with Gasteiger partial charge in [0.1, 0.15) is 0 Å². The van der Waals surface area contributed by atoms with E-state index in [4.69, 9.17) is 0 Å². The van der Waals surface area contributed by atoms with E-state index in [1.165, 1.54) is 11.1 Å². The van der Waals surface area contributed by atoms with Crippen molar-refractivity contribution >= 4 is 0 Å². The van der Waals surface area contributed by atoms with E-state index in [2.05, 4.69) is 84.2 Å². The SMILES string of the molecule is CCC(NC(C)(C)C)c1ccc[c-]1C(CC)NC(C)(C)C.[Fe].[cH-]1[cH-][cH-][cH-][cH-]1. The molecule has 2 unspecified atom stereocenters. The standard InChI is InChI=1S/C19H35N2.C5H5.Fe/c1-9-16(20-18(3,4)5)14-12-11-13-15(14)17(10-2)21-19(6,7)8;1-2-4-5-3-1;/h11-13,16-17,20-21H,9-10H2,1-8H3;1-5H;/q-1;-5;. The van der Waals surface area contributed by atoms with Crippen LogP contribution in [0.2, 0.25) is 0 Å². The summed E-state index contributed by atoms with van der Waals surface area (Å²) < 4.78 is 0. The molecule has 0 saturated carbocycles. The molecule has 0 heterocycles. The maximum absolute atomic E-state index is 3.76. The van der Waals surface area contributed by atoms with Gasteiger partial charge in [-0.15, -0.1) is 11.1 Å². The van der Waals surface area contributed by atoms with Crippen molar-refractivity contribution in [2.75, 3.05) is 0 Å². The summed E-state index contributed by atoms with van der Waals surface area (Å²) in [5, 5.41) is 7.53. The second-order valence-electron chi connectivity index (χ2n) is 9.11. The molecule has 0 bridgehead atoms. The average molecular weight is 412 g/mol. The molecule has 27 heavy (non-hydrogen) atoms. The molecule has 0 aromatic heterocycles. The maximum atomic E-state index is 3.76. The van der Waals surface area contributed by atoms with Crippen LogP contribution in [0.25, 0.3) is 0 Å². The second-order valence-corrected chi connectivity index (χ2v) is 9.11. The molecule has 2 N–H and O–H groups in total. The molecule has 2 aromatic carbocycles. The van der Waals surface area contributed by atoms with E-state index >= 15 is 0 Å². The molecule has 0 radical (unpaired) electrons. The molecule has 0 spiro atoms. The van der Waals surface area contributed by atoms with Crippen molar-refractivity contribution in [2.24, 2.45) is 0 Å². The van der Waals surface area contributed by atoms with Crippen LogP contribution >= 0.6 is 0 Å². The van der Waals surface area contributed by atoms with Gasteiger partial charge in [-0.25, -0.2) is 12.1 Å². The third-order valence-electron chi connectivity index (χ3n) is 4.22.